The number of rotatable bonds is 5. The van der Waals surface area contributed by atoms with Crippen molar-refractivity contribution >= 4 is 23.2 Å². The van der Waals surface area contributed by atoms with Gasteiger partial charge in [-0.15, -0.1) is 0 Å². The van der Waals surface area contributed by atoms with E-state index in [1.54, 1.807) is 12.3 Å². The Morgan fingerprint density at radius 2 is 2.05 bits per heavy atom. The Morgan fingerprint density at radius 3 is 2.79 bits per heavy atom. The van der Waals surface area contributed by atoms with E-state index in [-0.39, 0.29) is 0 Å². The second-order valence-corrected chi connectivity index (χ2v) is 5.51. The van der Waals surface area contributed by atoms with Crippen LogP contribution in [0.5, 0.6) is 0 Å². The second kappa shape index (κ2) is 6.42. The molecule has 1 aromatic heterocycles. The van der Waals surface area contributed by atoms with Gasteiger partial charge in [-0.25, -0.2) is 0 Å². The fraction of sp³-hybridized carbons (Fsp3) is 0.357. The van der Waals surface area contributed by atoms with Crippen LogP contribution < -0.4 is 5.32 Å². The Kier molecular flexibility index (Phi) is 4.86. The molecule has 3 nitrogen and oxygen atoms in total. The van der Waals surface area contributed by atoms with E-state index >= 15 is 0 Å². The van der Waals surface area contributed by atoms with Gasteiger partial charge in [0.15, 0.2) is 0 Å². The molecule has 2 rings (SSSR count). The van der Waals surface area contributed by atoms with E-state index in [4.69, 9.17) is 23.2 Å². The molecule has 1 aromatic carbocycles. The average Bonchev–Trinajstić information content (AvgIpc) is 2.80. The highest BCUT2D eigenvalue weighted by Crippen LogP contribution is 2.26. The van der Waals surface area contributed by atoms with Crippen LogP contribution in [0.3, 0.4) is 0 Å². The number of aromatic nitrogens is 2. The van der Waals surface area contributed by atoms with E-state index in [2.05, 4.69) is 24.3 Å². The number of hydrogen-bond donors (Lipinski definition) is 1. The van der Waals surface area contributed by atoms with Crippen molar-refractivity contribution in [3.8, 4) is 0 Å². The summed E-state index contributed by atoms with van der Waals surface area (Å²) in [4.78, 5) is 0. The molecule has 19 heavy (non-hydrogen) atoms. The fourth-order valence-corrected chi connectivity index (χ4v) is 2.17. The Hall–Kier alpha value is -1.03. The molecule has 0 amide bonds. The third-order valence-corrected chi connectivity index (χ3v) is 3.71. The van der Waals surface area contributed by atoms with Gasteiger partial charge < -0.3 is 5.32 Å². The van der Waals surface area contributed by atoms with Gasteiger partial charge in [0, 0.05) is 18.8 Å². The summed E-state index contributed by atoms with van der Waals surface area (Å²) in [7, 11) is 0. The van der Waals surface area contributed by atoms with Crippen LogP contribution in [-0.4, -0.2) is 15.8 Å². The summed E-state index contributed by atoms with van der Waals surface area (Å²) >= 11 is 12.2. The van der Waals surface area contributed by atoms with Gasteiger partial charge in [0.1, 0.15) is 0 Å². The molecule has 0 atom stereocenters. The number of hydrogen-bond acceptors (Lipinski definition) is 2. The van der Waals surface area contributed by atoms with Gasteiger partial charge in [-0.3, -0.25) is 4.68 Å². The molecule has 0 fully saturated rings. The molecule has 1 heterocycles. The summed E-state index contributed by atoms with van der Waals surface area (Å²) in [6.07, 6.45) is 1.80. The molecule has 0 aliphatic heterocycles. The molecule has 0 aliphatic carbocycles. The van der Waals surface area contributed by atoms with E-state index in [1.165, 1.54) is 0 Å². The van der Waals surface area contributed by atoms with Crippen LogP contribution in [0.4, 0.5) is 0 Å². The highest BCUT2D eigenvalue weighted by molar-refractivity contribution is 6.42. The topological polar surface area (TPSA) is 29.9 Å². The lowest BCUT2D eigenvalue weighted by atomic mass is 10.2. The van der Waals surface area contributed by atoms with Crippen LogP contribution in [-0.2, 0) is 13.1 Å². The van der Waals surface area contributed by atoms with Crippen LogP contribution in [0, 0.1) is 0 Å². The molecule has 0 saturated heterocycles. The molecular weight excluding hydrogens is 281 g/mol. The van der Waals surface area contributed by atoms with Crippen LogP contribution in [0.2, 0.25) is 10.0 Å². The predicted octanol–water partition coefficient (Wildman–Crippen LogP) is 3.74. The molecule has 102 valence electrons. The van der Waals surface area contributed by atoms with Gasteiger partial charge in [0.25, 0.3) is 0 Å². The molecule has 1 N–H and O–H groups in total. The third kappa shape index (κ3) is 3.72. The third-order valence-electron chi connectivity index (χ3n) is 2.85. The monoisotopic (exact) mass is 297 g/mol. The van der Waals surface area contributed by atoms with Crippen LogP contribution in [0.1, 0.15) is 25.1 Å². The lowest BCUT2D eigenvalue weighted by Crippen LogP contribution is -2.23. The lowest BCUT2D eigenvalue weighted by Gasteiger charge is -2.12. The quantitative estimate of drug-likeness (QED) is 0.911. The standard InChI is InChI=1S/C14H17Cl2N3/c1-10(2)17-8-12-6-7-18-19(12)9-11-4-3-5-13(15)14(11)16/h3-7,10,17H,8-9H2,1-2H3. The highest BCUT2D eigenvalue weighted by Gasteiger charge is 2.08. The largest absolute Gasteiger partial charge is 0.309 e. The Labute approximate surface area is 123 Å². The number of halogens is 2. The SMILES string of the molecule is CC(C)NCc1ccnn1Cc1cccc(Cl)c1Cl. The van der Waals surface area contributed by atoms with Crippen molar-refractivity contribution in [2.24, 2.45) is 0 Å². The number of nitrogens with zero attached hydrogens (tertiary/aromatic N) is 2. The smallest absolute Gasteiger partial charge is 0.0678 e. The zero-order chi connectivity index (χ0) is 13.8. The van der Waals surface area contributed by atoms with Crippen LogP contribution in [0.15, 0.2) is 30.5 Å². The minimum Gasteiger partial charge on any atom is -0.309 e. The van der Waals surface area contributed by atoms with E-state index in [9.17, 15) is 0 Å². The Bertz CT molecular complexity index is 549. The molecule has 2 aromatic rings. The first-order valence-electron chi connectivity index (χ1n) is 6.25. The van der Waals surface area contributed by atoms with Crippen LogP contribution in [0.25, 0.3) is 0 Å². The van der Waals surface area contributed by atoms with E-state index < -0.39 is 0 Å². The summed E-state index contributed by atoms with van der Waals surface area (Å²) in [5.41, 5.74) is 2.11. The molecule has 0 aliphatic rings. The molecule has 0 radical (unpaired) electrons. The molecular formula is C14H17Cl2N3. The highest BCUT2D eigenvalue weighted by atomic mass is 35.5. The minimum atomic E-state index is 0.443. The van der Waals surface area contributed by atoms with Crippen LogP contribution >= 0.6 is 23.2 Å². The van der Waals surface area contributed by atoms with Gasteiger partial charge >= 0.3 is 0 Å². The van der Waals surface area contributed by atoms with Crippen molar-refractivity contribution in [2.75, 3.05) is 0 Å². The summed E-state index contributed by atoms with van der Waals surface area (Å²) in [5.74, 6) is 0. The first kappa shape index (κ1) is 14.4. The molecule has 0 bridgehead atoms. The molecule has 0 unspecified atom stereocenters. The summed E-state index contributed by atoms with van der Waals surface area (Å²) < 4.78 is 1.94. The first-order valence-corrected chi connectivity index (χ1v) is 7.00. The number of benzene rings is 1. The zero-order valence-electron chi connectivity index (χ0n) is 11.0. The molecule has 5 heteroatoms. The van der Waals surface area contributed by atoms with Crippen molar-refractivity contribution in [3.05, 3.63) is 51.8 Å². The van der Waals surface area contributed by atoms with Crippen molar-refractivity contribution in [3.63, 3.8) is 0 Å². The second-order valence-electron chi connectivity index (χ2n) is 4.73. The fourth-order valence-electron chi connectivity index (χ4n) is 1.79. The summed E-state index contributed by atoms with van der Waals surface area (Å²) in [6.45, 7) is 5.65. The van der Waals surface area contributed by atoms with Gasteiger partial charge in [0.05, 0.1) is 22.3 Å². The van der Waals surface area contributed by atoms with Gasteiger partial charge in [-0.05, 0) is 17.7 Å². The summed E-state index contributed by atoms with van der Waals surface area (Å²) in [5, 5.41) is 8.89. The van der Waals surface area contributed by atoms with E-state index in [0.29, 0.717) is 22.6 Å². The van der Waals surface area contributed by atoms with Gasteiger partial charge in [-0.1, -0.05) is 49.2 Å². The maximum absolute atomic E-state index is 6.20. The normalized spacial score (nSPS) is 11.2. The maximum Gasteiger partial charge on any atom is 0.0678 e. The van der Waals surface area contributed by atoms with Crippen molar-refractivity contribution in [2.45, 2.75) is 33.0 Å². The van der Waals surface area contributed by atoms with Crippen molar-refractivity contribution < 1.29 is 0 Å². The van der Waals surface area contributed by atoms with E-state index in [1.807, 2.05) is 22.9 Å². The predicted molar refractivity (Wildman–Crippen MR) is 79.8 cm³/mol. The number of nitrogens with one attached hydrogen (secondary N) is 1. The van der Waals surface area contributed by atoms with Crippen molar-refractivity contribution in [1.82, 2.24) is 15.1 Å². The average molecular weight is 298 g/mol. The zero-order valence-corrected chi connectivity index (χ0v) is 12.5. The minimum absolute atomic E-state index is 0.443. The van der Waals surface area contributed by atoms with E-state index in [0.717, 1.165) is 17.8 Å². The Balaban J connectivity index is 2.15. The first-order chi connectivity index (χ1) is 9.08. The van der Waals surface area contributed by atoms with Crippen molar-refractivity contribution in [1.29, 1.82) is 0 Å². The Morgan fingerprint density at radius 1 is 1.26 bits per heavy atom. The molecule has 0 spiro atoms. The molecule has 0 saturated carbocycles. The lowest BCUT2D eigenvalue weighted by molar-refractivity contribution is 0.547. The maximum atomic E-state index is 6.20. The van der Waals surface area contributed by atoms with Gasteiger partial charge in [0.2, 0.25) is 0 Å². The summed E-state index contributed by atoms with van der Waals surface area (Å²) in [6, 6.07) is 8.11. The van der Waals surface area contributed by atoms with Gasteiger partial charge in [-0.2, -0.15) is 5.10 Å².